The van der Waals surface area contributed by atoms with Crippen LogP contribution in [0.5, 0.6) is 0 Å². The van der Waals surface area contributed by atoms with Crippen molar-refractivity contribution in [2.24, 2.45) is 5.92 Å². The first kappa shape index (κ1) is 8.91. The van der Waals surface area contributed by atoms with E-state index in [1.807, 2.05) is 30.3 Å². The number of rotatable bonds is 1. The second-order valence-electron chi connectivity index (χ2n) is 3.35. The second-order valence-corrected chi connectivity index (χ2v) is 4.62. The maximum Gasteiger partial charge on any atom is 0.163 e. The van der Waals surface area contributed by atoms with Crippen LogP contribution in [0.1, 0.15) is 17.7 Å². The molecule has 0 amide bonds. The molecule has 1 heterocycles. The molecule has 3 heteroatoms. The maximum atomic E-state index is 11.5. The predicted molar refractivity (Wildman–Crippen MR) is 52.4 cm³/mol. The third-order valence-corrected chi connectivity index (χ3v) is 3.82. The molecule has 1 aromatic carbocycles. The Morgan fingerprint density at radius 3 is 2.62 bits per heavy atom. The summed E-state index contributed by atoms with van der Waals surface area (Å²) in [5.41, 5.74) is 1.12. The quantitative estimate of drug-likeness (QED) is 0.687. The van der Waals surface area contributed by atoms with Crippen molar-refractivity contribution < 1.29 is 8.39 Å². The first-order chi connectivity index (χ1) is 6.29. The van der Waals surface area contributed by atoms with Crippen molar-refractivity contribution in [3.8, 4) is 0 Å². The summed E-state index contributed by atoms with van der Waals surface area (Å²) in [5.74, 6) is 0.350. The second kappa shape index (κ2) is 3.60. The highest BCUT2D eigenvalue weighted by Crippen LogP contribution is 2.34. The summed E-state index contributed by atoms with van der Waals surface area (Å²) in [6.45, 7) is 2.68. The van der Waals surface area contributed by atoms with Crippen LogP contribution in [0.4, 0.5) is 0 Å². The van der Waals surface area contributed by atoms with E-state index in [4.69, 9.17) is 4.18 Å². The predicted octanol–water partition coefficient (Wildman–Crippen LogP) is 2.06. The molecule has 2 nitrogen and oxygen atoms in total. The van der Waals surface area contributed by atoms with Gasteiger partial charge in [0.1, 0.15) is 0 Å². The number of hydrogen-bond donors (Lipinski definition) is 0. The van der Waals surface area contributed by atoms with Crippen LogP contribution < -0.4 is 0 Å². The van der Waals surface area contributed by atoms with Gasteiger partial charge < -0.3 is 0 Å². The third-order valence-electron chi connectivity index (χ3n) is 2.30. The van der Waals surface area contributed by atoms with Gasteiger partial charge in [0.2, 0.25) is 0 Å². The molecule has 1 aliphatic rings. The molecule has 1 unspecified atom stereocenters. The summed E-state index contributed by atoms with van der Waals surface area (Å²) < 4.78 is 16.6. The molecule has 0 bridgehead atoms. The fraction of sp³-hybridized carbons (Fsp3) is 0.400. The van der Waals surface area contributed by atoms with E-state index in [-0.39, 0.29) is 5.25 Å². The van der Waals surface area contributed by atoms with Gasteiger partial charge in [-0.15, -0.1) is 0 Å². The Balaban J connectivity index is 2.30. The summed E-state index contributed by atoms with van der Waals surface area (Å²) in [6, 6.07) is 9.92. The standard InChI is InChI=1S/C10H12O2S/c1-8-7-12-13(11)10(8)9-5-3-2-4-6-9/h2-6,8,10H,7H2,1H3/t8-,10+,13?/m1/s1. The zero-order chi connectivity index (χ0) is 9.26. The Kier molecular flexibility index (Phi) is 2.47. The highest BCUT2D eigenvalue weighted by molar-refractivity contribution is 7.80. The van der Waals surface area contributed by atoms with Crippen molar-refractivity contribution in [2.45, 2.75) is 12.2 Å². The van der Waals surface area contributed by atoms with Crippen LogP contribution >= 0.6 is 0 Å². The van der Waals surface area contributed by atoms with Crippen LogP contribution in [-0.2, 0) is 15.3 Å². The molecule has 13 heavy (non-hydrogen) atoms. The lowest BCUT2D eigenvalue weighted by molar-refractivity contribution is 0.333. The van der Waals surface area contributed by atoms with Gasteiger partial charge in [0, 0.05) is 5.92 Å². The minimum Gasteiger partial charge on any atom is -0.290 e. The largest absolute Gasteiger partial charge is 0.290 e. The fourth-order valence-electron chi connectivity index (χ4n) is 1.61. The van der Waals surface area contributed by atoms with Crippen molar-refractivity contribution in [2.75, 3.05) is 6.61 Å². The van der Waals surface area contributed by atoms with Gasteiger partial charge in [0.15, 0.2) is 11.1 Å². The average Bonchev–Trinajstić information content (AvgIpc) is 2.48. The molecule has 3 atom stereocenters. The van der Waals surface area contributed by atoms with Crippen molar-refractivity contribution in [1.29, 1.82) is 0 Å². The zero-order valence-electron chi connectivity index (χ0n) is 7.47. The van der Waals surface area contributed by atoms with E-state index in [2.05, 4.69) is 6.92 Å². The van der Waals surface area contributed by atoms with E-state index in [1.54, 1.807) is 0 Å². The van der Waals surface area contributed by atoms with E-state index in [1.165, 1.54) is 0 Å². The first-order valence-electron chi connectivity index (χ1n) is 4.38. The molecule has 1 aromatic rings. The minimum absolute atomic E-state index is 0.0567. The van der Waals surface area contributed by atoms with Gasteiger partial charge in [0.05, 0.1) is 11.9 Å². The van der Waals surface area contributed by atoms with Gasteiger partial charge >= 0.3 is 0 Å². The Morgan fingerprint density at radius 2 is 2.08 bits per heavy atom. The van der Waals surface area contributed by atoms with Gasteiger partial charge in [-0.25, -0.2) is 4.21 Å². The summed E-state index contributed by atoms with van der Waals surface area (Å²) >= 11 is -1.14. The van der Waals surface area contributed by atoms with Crippen LogP contribution in [-0.4, -0.2) is 10.8 Å². The van der Waals surface area contributed by atoms with Crippen molar-refractivity contribution >= 4 is 11.1 Å². The summed E-state index contributed by atoms with van der Waals surface area (Å²) in [7, 11) is 0. The lowest BCUT2D eigenvalue weighted by Gasteiger charge is -2.10. The topological polar surface area (TPSA) is 26.3 Å². The smallest absolute Gasteiger partial charge is 0.163 e. The molecule has 0 aliphatic carbocycles. The normalized spacial score (nSPS) is 33.5. The molecule has 70 valence electrons. The van der Waals surface area contributed by atoms with Crippen LogP contribution in [0.15, 0.2) is 30.3 Å². The van der Waals surface area contributed by atoms with E-state index < -0.39 is 11.1 Å². The summed E-state index contributed by atoms with van der Waals surface area (Å²) in [6.07, 6.45) is 0. The lowest BCUT2D eigenvalue weighted by atomic mass is 10.0. The van der Waals surface area contributed by atoms with Crippen molar-refractivity contribution in [3.63, 3.8) is 0 Å². The van der Waals surface area contributed by atoms with Gasteiger partial charge in [0.25, 0.3) is 0 Å². The summed E-state index contributed by atoms with van der Waals surface area (Å²) in [5, 5.41) is 0.0567. The van der Waals surface area contributed by atoms with E-state index in [0.717, 1.165) is 5.56 Å². The molecule has 0 N–H and O–H groups in total. The molecule has 1 aliphatic heterocycles. The Labute approximate surface area is 80.6 Å². The van der Waals surface area contributed by atoms with Gasteiger partial charge in [-0.2, -0.15) is 0 Å². The van der Waals surface area contributed by atoms with Crippen LogP contribution in [0.25, 0.3) is 0 Å². The Hall–Kier alpha value is -0.670. The van der Waals surface area contributed by atoms with Gasteiger partial charge in [-0.1, -0.05) is 37.3 Å². The highest BCUT2D eigenvalue weighted by Gasteiger charge is 2.33. The SMILES string of the molecule is C[C@@H]1COS(=O)[C@@H]1c1ccccc1. The minimum atomic E-state index is -1.14. The molecule has 2 rings (SSSR count). The first-order valence-corrected chi connectivity index (χ1v) is 5.51. The molecule has 0 saturated carbocycles. The van der Waals surface area contributed by atoms with Gasteiger partial charge in [-0.3, -0.25) is 4.18 Å². The Bertz CT molecular complexity index is 310. The summed E-state index contributed by atoms with van der Waals surface area (Å²) in [4.78, 5) is 0. The van der Waals surface area contributed by atoms with E-state index >= 15 is 0 Å². The molecule has 1 fully saturated rings. The van der Waals surface area contributed by atoms with Gasteiger partial charge in [-0.05, 0) is 5.56 Å². The fourth-order valence-corrected chi connectivity index (χ4v) is 2.94. The number of hydrogen-bond acceptors (Lipinski definition) is 2. The van der Waals surface area contributed by atoms with Crippen molar-refractivity contribution in [3.05, 3.63) is 35.9 Å². The monoisotopic (exact) mass is 196 g/mol. The van der Waals surface area contributed by atoms with Crippen molar-refractivity contribution in [1.82, 2.24) is 0 Å². The highest BCUT2D eigenvalue weighted by atomic mass is 32.2. The molecule has 1 saturated heterocycles. The maximum absolute atomic E-state index is 11.5. The Morgan fingerprint density at radius 1 is 1.38 bits per heavy atom. The molecular weight excluding hydrogens is 184 g/mol. The molecule has 0 radical (unpaired) electrons. The van der Waals surface area contributed by atoms with Crippen LogP contribution in [0.3, 0.4) is 0 Å². The molecule has 0 aromatic heterocycles. The zero-order valence-corrected chi connectivity index (χ0v) is 8.29. The average molecular weight is 196 g/mol. The van der Waals surface area contributed by atoms with Crippen LogP contribution in [0.2, 0.25) is 0 Å². The molecule has 0 spiro atoms. The third kappa shape index (κ3) is 1.67. The van der Waals surface area contributed by atoms with E-state index in [9.17, 15) is 4.21 Å². The van der Waals surface area contributed by atoms with Crippen LogP contribution in [0, 0.1) is 5.92 Å². The van der Waals surface area contributed by atoms with E-state index in [0.29, 0.717) is 12.5 Å². The lowest BCUT2D eigenvalue weighted by Crippen LogP contribution is -2.06. The molecular formula is C10H12O2S. The number of benzene rings is 1.